The molecular weight excluding hydrogens is 493 g/mol. The van der Waals surface area contributed by atoms with Crippen molar-refractivity contribution < 1.29 is 17.9 Å². The summed E-state index contributed by atoms with van der Waals surface area (Å²) in [6, 6.07) is 7.45. The van der Waals surface area contributed by atoms with Crippen LogP contribution in [0.3, 0.4) is 0 Å². The Bertz CT molecular complexity index is 1460. The Kier molecular flexibility index (Phi) is 6.25. The molecule has 11 heteroatoms. The quantitative estimate of drug-likeness (QED) is 0.349. The smallest absolute Gasteiger partial charge is 0.370 e. The lowest BCUT2D eigenvalue weighted by Gasteiger charge is -2.33. The van der Waals surface area contributed by atoms with Gasteiger partial charge < -0.3 is 9.64 Å². The normalized spacial score (nSPS) is 16.5. The van der Waals surface area contributed by atoms with E-state index in [-0.39, 0.29) is 39.5 Å². The first kappa shape index (κ1) is 24.3. The highest BCUT2D eigenvalue weighted by atomic mass is 35.5. The van der Waals surface area contributed by atoms with Crippen molar-refractivity contribution in [3.8, 4) is 11.3 Å². The molecule has 1 aliphatic heterocycles. The lowest BCUT2D eigenvalue weighted by Crippen LogP contribution is -2.39. The number of morpholine rings is 1. The Morgan fingerprint density at radius 1 is 1.00 bits per heavy atom. The first-order chi connectivity index (χ1) is 17.1. The zero-order valence-corrected chi connectivity index (χ0v) is 20.5. The molecule has 0 N–H and O–H groups in total. The van der Waals surface area contributed by atoms with E-state index in [0.717, 1.165) is 17.3 Å². The van der Waals surface area contributed by atoms with Gasteiger partial charge in [0.25, 0.3) is 0 Å². The number of aryl methyl sites for hydroxylation is 3. The van der Waals surface area contributed by atoms with Crippen LogP contribution in [0.15, 0.2) is 36.5 Å². The van der Waals surface area contributed by atoms with E-state index in [1.807, 2.05) is 24.0 Å². The fraction of sp³-hybridized carbons (Fsp3) is 0.320. The number of halogens is 4. The third-order valence-electron chi connectivity index (χ3n) is 6.11. The van der Waals surface area contributed by atoms with Crippen LogP contribution in [0.4, 0.5) is 19.1 Å². The summed E-state index contributed by atoms with van der Waals surface area (Å²) in [5, 5.41) is -0.0218. The molecule has 36 heavy (non-hydrogen) atoms. The van der Waals surface area contributed by atoms with Gasteiger partial charge in [0.2, 0.25) is 5.95 Å². The molecule has 1 fully saturated rings. The van der Waals surface area contributed by atoms with Crippen molar-refractivity contribution in [3.05, 3.63) is 69.8 Å². The van der Waals surface area contributed by atoms with Crippen molar-refractivity contribution in [1.82, 2.24) is 24.9 Å². The van der Waals surface area contributed by atoms with E-state index >= 15 is 0 Å². The van der Waals surface area contributed by atoms with Crippen LogP contribution in [-0.2, 0) is 10.9 Å². The standard InChI is InChI=1S/C25H22ClF3N6O/c1-13-10-16(6-7-30-13)20-12-35(8-9-36-20)24-33-21(22-23(34-24)32-15(3)14(2)31-22)18-5-4-17(26)11-19(18)25(27,28)29/h4-7,10-11,20H,8-9,12H2,1-3H3/t20-/m1/s1. The van der Waals surface area contributed by atoms with Crippen LogP contribution in [0.1, 0.15) is 34.3 Å². The Morgan fingerprint density at radius 3 is 2.53 bits per heavy atom. The average molecular weight is 515 g/mol. The maximum atomic E-state index is 14.0. The lowest BCUT2D eigenvalue weighted by atomic mass is 10.0. The summed E-state index contributed by atoms with van der Waals surface area (Å²) in [5.74, 6) is 0.261. The Labute approximate surface area is 210 Å². The maximum absolute atomic E-state index is 14.0. The number of hydrogen-bond donors (Lipinski definition) is 0. The molecule has 0 saturated carbocycles. The molecule has 3 aromatic heterocycles. The minimum atomic E-state index is -4.64. The minimum Gasteiger partial charge on any atom is -0.370 e. The fourth-order valence-corrected chi connectivity index (χ4v) is 4.36. The van der Waals surface area contributed by atoms with Gasteiger partial charge in [-0.1, -0.05) is 17.7 Å². The molecule has 0 aliphatic carbocycles. The molecule has 0 unspecified atom stereocenters. The van der Waals surface area contributed by atoms with Gasteiger partial charge in [-0.15, -0.1) is 0 Å². The largest absolute Gasteiger partial charge is 0.417 e. The van der Waals surface area contributed by atoms with Crippen LogP contribution >= 0.6 is 11.6 Å². The first-order valence-electron chi connectivity index (χ1n) is 11.3. The van der Waals surface area contributed by atoms with E-state index in [0.29, 0.717) is 31.1 Å². The summed E-state index contributed by atoms with van der Waals surface area (Å²) in [5.41, 5.74) is 2.49. The number of rotatable bonds is 3. The van der Waals surface area contributed by atoms with Gasteiger partial charge in [0.15, 0.2) is 5.65 Å². The van der Waals surface area contributed by atoms with Crippen LogP contribution in [-0.4, -0.2) is 44.6 Å². The number of fused-ring (bicyclic) bond motifs is 1. The number of benzene rings is 1. The van der Waals surface area contributed by atoms with Crippen LogP contribution in [0, 0.1) is 20.8 Å². The molecule has 7 nitrogen and oxygen atoms in total. The van der Waals surface area contributed by atoms with Crippen molar-refractivity contribution in [3.63, 3.8) is 0 Å². The molecule has 0 bridgehead atoms. The minimum absolute atomic E-state index is 0.0218. The summed E-state index contributed by atoms with van der Waals surface area (Å²) in [7, 11) is 0. The number of hydrogen-bond acceptors (Lipinski definition) is 7. The van der Waals surface area contributed by atoms with Gasteiger partial charge in [0.1, 0.15) is 17.3 Å². The maximum Gasteiger partial charge on any atom is 0.417 e. The Morgan fingerprint density at radius 2 is 1.78 bits per heavy atom. The Balaban J connectivity index is 1.66. The van der Waals surface area contributed by atoms with Gasteiger partial charge in [0.05, 0.1) is 30.1 Å². The molecule has 0 spiro atoms. The lowest BCUT2D eigenvalue weighted by molar-refractivity contribution is -0.137. The second kappa shape index (κ2) is 9.25. The number of anilines is 1. The zero-order chi connectivity index (χ0) is 25.6. The van der Waals surface area contributed by atoms with Crippen molar-refractivity contribution in [2.45, 2.75) is 33.1 Å². The van der Waals surface area contributed by atoms with Gasteiger partial charge in [-0.2, -0.15) is 18.2 Å². The van der Waals surface area contributed by atoms with E-state index in [2.05, 4.69) is 24.9 Å². The second-order valence-electron chi connectivity index (χ2n) is 8.66. The highest BCUT2D eigenvalue weighted by molar-refractivity contribution is 6.30. The van der Waals surface area contributed by atoms with Crippen LogP contribution in [0.5, 0.6) is 0 Å². The Hall–Kier alpha value is -3.37. The van der Waals surface area contributed by atoms with E-state index in [1.54, 1.807) is 20.0 Å². The van der Waals surface area contributed by atoms with Crippen molar-refractivity contribution in [2.24, 2.45) is 0 Å². The van der Waals surface area contributed by atoms with E-state index in [4.69, 9.17) is 16.3 Å². The predicted octanol–water partition coefficient (Wildman–Crippen LogP) is 5.66. The monoisotopic (exact) mass is 514 g/mol. The summed E-state index contributed by atoms with van der Waals surface area (Å²) in [6.07, 6.45) is -3.19. The summed E-state index contributed by atoms with van der Waals surface area (Å²) < 4.78 is 48.0. The second-order valence-corrected chi connectivity index (χ2v) is 9.10. The average Bonchev–Trinajstić information content (AvgIpc) is 2.84. The summed E-state index contributed by atoms with van der Waals surface area (Å²) >= 11 is 5.93. The number of nitrogens with zero attached hydrogens (tertiary/aromatic N) is 6. The SMILES string of the molecule is Cc1cc([C@H]2CN(c3nc(-c4ccc(Cl)cc4C(F)(F)F)c4nc(C)c(C)nc4n3)CCO2)ccn1. The number of ether oxygens (including phenoxy) is 1. The van der Waals surface area contributed by atoms with Crippen molar-refractivity contribution in [2.75, 3.05) is 24.6 Å². The van der Waals surface area contributed by atoms with E-state index < -0.39 is 11.7 Å². The van der Waals surface area contributed by atoms with Crippen molar-refractivity contribution >= 4 is 28.7 Å². The van der Waals surface area contributed by atoms with Crippen molar-refractivity contribution in [1.29, 1.82) is 0 Å². The molecule has 4 aromatic rings. The highest BCUT2D eigenvalue weighted by Gasteiger charge is 2.35. The zero-order valence-electron chi connectivity index (χ0n) is 19.8. The number of pyridine rings is 1. The van der Waals surface area contributed by atoms with Crippen LogP contribution < -0.4 is 4.90 Å². The van der Waals surface area contributed by atoms with Gasteiger partial charge in [-0.25, -0.2) is 15.0 Å². The fourth-order valence-electron chi connectivity index (χ4n) is 4.19. The molecule has 4 heterocycles. The summed E-state index contributed by atoms with van der Waals surface area (Å²) in [6.45, 7) is 6.71. The molecule has 186 valence electrons. The highest BCUT2D eigenvalue weighted by Crippen LogP contribution is 2.40. The molecule has 1 saturated heterocycles. The first-order valence-corrected chi connectivity index (χ1v) is 11.7. The molecule has 5 rings (SSSR count). The van der Waals surface area contributed by atoms with E-state index in [1.165, 1.54) is 12.1 Å². The third kappa shape index (κ3) is 4.70. The van der Waals surface area contributed by atoms with Crippen LogP contribution in [0.2, 0.25) is 5.02 Å². The third-order valence-corrected chi connectivity index (χ3v) is 6.35. The number of alkyl halides is 3. The summed E-state index contributed by atoms with van der Waals surface area (Å²) in [4.78, 5) is 24.4. The van der Waals surface area contributed by atoms with Gasteiger partial charge in [-0.05, 0) is 50.6 Å². The van der Waals surface area contributed by atoms with Crippen LogP contribution in [0.25, 0.3) is 22.4 Å². The topological polar surface area (TPSA) is 76.9 Å². The van der Waals surface area contributed by atoms with E-state index in [9.17, 15) is 13.2 Å². The molecule has 0 amide bonds. The predicted molar refractivity (Wildman–Crippen MR) is 130 cm³/mol. The molecular formula is C25H22ClF3N6O. The number of aromatic nitrogens is 5. The molecule has 0 radical (unpaired) electrons. The molecule has 1 aromatic carbocycles. The van der Waals surface area contributed by atoms with Gasteiger partial charge >= 0.3 is 6.18 Å². The molecule has 1 atom stereocenters. The molecule has 1 aliphatic rings. The van der Waals surface area contributed by atoms with Gasteiger partial charge in [-0.3, -0.25) is 4.98 Å². The van der Waals surface area contributed by atoms with Gasteiger partial charge in [0, 0.05) is 29.0 Å².